The molecule has 0 aliphatic heterocycles. The Balaban J connectivity index is 2.59. The number of aliphatic hydroxyl groups excluding tert-OH is 1. The van der Waals surface area contributed by atoms with E-state index >= 15 is 0 Å². The molecule has 0 fully saturated rings. The Labute approximate surface area is 130 Å². The Hall–Kier alpha value is -1.71. The van der Waals surface area contributed by atoms with Gasteiger partial charge in [-0.15, -0.1) is 0 Å². The average molecular weight is 307 g/mol. The predicted octanol–water partition coefficient (Wildman–Crippen LogP) is 4.06. The lowest BCUT2D eigenvalue weighted by Gasteiger charge is -2.20. The van der Waals surface area contributed by atoms with Crippen LogP contribution in [0.2, 0.25) is 5.02 Å². The third kappa shape index (κ3) is 2.99. The van der Waals surface area contributed by atoms with Crippen molar-refractivity contribution in [2.45, 2.75) is 20.0 Å². The normalized spacial score (nSPS) is 12.1. The number of hydrogen-bond donors (Lipinski definition) is 1. The van der Waals surface area contributed by atoms with Gasteiger partial charge in [0.25, 0.3) is 0 Å². The van der Waals surface area contributed by atoms with Crippen molar-refractivity contribution in [2.75, 3.05) is 14.2 Å². The lowest BCUT2D eigenvalue weighted by Crippen LogP contribution is -2.06. The summed E-state index contributed by atoms with van der Waals surface area (Å²) in [6.45, 7) is 3.97. The summed E-state index contributed by atoms with van der Waals surface area (Å²) < 4.78 is 10.7. The van der Waals surface area contributed by atoms with Gasteiger partial charge in [0.05, 0.1) is 19.8 Å². The highest BCUT2D eigenvalue weighted by atomic mass is 35.5. The number of methoxy groups -OCH3 is 2. The van der Waals surface area contributed by atoms with Crippen molar-refractivity contribution in [1.82, 2.24) is 0 Å². The molecule has 2 rings (SSSR count). The molecule has 1 atom stereocenters. The van der Waals surface area contributed by atoms with E-state index < -0.39 is 6.10 Å². The number of rotatable bonds is 4. The summed E-state index contributed by atoms with van der Waals surface area (Å²) >= 11 is 6.30. The fourth-order valence-corrected chi connectivity index (χ4v) is 2.64. The standard InChI is InChI=1S/C17H19ClO3/c1-10-8-12(13(18)9-11(10)2)17(19)16-14(20-3)6-5-7-15(16)21-4/h5-9,17,19H,1-4H3. The first kappa shape index (κ1) is 15.7. The molecule has 0 spiro atoms. The number of benzene rings is 2. The van der Waals surface area contributed by atoms with Crippen molar-refractivity contribution in [1.29, 1.82) is 0 Å². The van der Waals surface area contributed by atoms with E-state index in [-0.39, 0.29) is 0 Å². The monoisotopic (exact) mass is 306 g/mol. The molecule has 0 radical (unpaired) electrons. The molecular weight excluding hydrogens is 288 g/mol. The summed E-state index contributed by atoms with van der Waals surface area (Å²) in [5.74, 6) is 1.13. The van der Waals surface area contributed by atoms with Crippen LogP contribution in [0.5, 0.6) is 11.5 Å². The van der Waals surface area contributed by atoms with Gasteiger partial charge in [-0.3, -0.25) is 0 Å². The lowest BCUT2D eigenvalue weighted by atomic mass is 9.96. The van der Waals surface area contributed by atoms with Crippen LogP contribution in [-0.2, 0) is 0 Å². The minimum Gasteiger partial charge on any atom is -0.496 e. The Morgan fingerprint density at radius 3 is 2.05 bits per heavy atom. The first-order valence-corrected chi connectivity index (χ1v) is 7.03. The van der Waals surface area contributed by atoms with Gasteiger partial charge < -0.3 is 14.6 Å². The molecule has 0 bridgehead atoms. The largest absolute Gasteiger partial charge is 0.496 e. The third-order valence-electron chi connectivity index (χ3n) is 3.65. The van der Waals surface area contributed by atoms with Gasteiger partial charge in [0.2, 0.25) is 0 Å². The van der Waals surface area contributed by atoms with Crippen LogP contribution in [-0.4, -0.2) is 19.3 Å². The molecule has 112 valence electrons. The summed E-state index contributed by atoms with van der Waals surface area (Å²) in [5.41, 5.74) is 3.38. The Bertz CT molecular complexity index is 630. The number of halogens is 1. The maximum atomic E-state index is 10.8. The van der Waals surface area contributed by atoms with Crippen LogP contribution >= 0.6 is 11.6 Å². The summed E-state index contributed by atoms with van der Waals surface area (Å²) in [7, 11) is 3.12. The molecule has 0 saturated carbocycles. The molecule has 3 nitrogen and oxygen atoms in total. The molecule has 2 aromatic carbocycles. The highest BCUT2D eigenvalue weighted by molar-refractivity contribution is 6.31. The molecule has 2 aromatic rings. The summed E-state index contributed by atoms with van der Waals surface area (Å²) in [4.78, 5) is 0. The molecular formula is C17H19ClO3. The van der Waals surface area contributed by atoms with Gasteiger partial charge >= 0.3 is 0 Å². The Kier molecular flexibility index (Phi) is 4.76. The van der Waals surface area contributed by atoms with Gasteiger partial charge in [0.15, 0.2) is 0 Å². The van der Waals surface area contributed by atoms with Gasteiger partial charge in [-0.1, -0.05) is 23.7 Å². The summed E-state index contributed by atoms with van der Waals surface area (Å²) in [6, 6.07) is 9.15. The van der Waals surface area contributed by atoms with Crippen molar-refractivity contribution in [3.05, 3.63) is 57.6 Å². The molecule has 21 heavy (non-hydrogen) atoms. The summed E-state index contributed by atoms with van der Waals surface area (Å²) in [6.07, 6.45) is -0.914. The smallest absolute Gasteiger partial charge is 0.128 e. The highest BCUT2D eigenvalue weighted by Gasteiger charge is 2.22. The van der Waals surface area contributed by atoms with Gasteiger partial charge in [0, 0.05) is 10.6 Å². The maximum Gasteiger partial charge on any atom is 0.128 e. The third-order valence-corrected chi connectivity index (χ3v) is 3.97. The van der Waals surface area contributed by atoms with Crippen molar-refractivity contribution in [3.63, 3.8) is 0 Å². The molecule has 1 N–H and O–H groups in total. The highest BCUT2D eigenvalue weighted by Crippen LogP contribution is 2.39. The quantitative estimate of drug-likeness (QED) is 0.926. The van der Waals surface area contributed by atoms with Crippen LogP contribution in [0.3, 0.4) is 0 Å². The van der Waals surface area contributed by atoms with Gasteiger partial charge in [-0.05, 0) is 43.2 Å². The molecule has 1 unspecified atom stereocenters. The Morgan fingerprint density at radius 1 is 1.00 bits per heavy atom. The molecule has 0 aliphatic rings. The molecule has 0 heterocycles. The minimum absolute atomic E-state index is 0.526. The summed E-state index contributed by atoms with van der Waals surface area (Å²) in [5, 5.41) is 11.3. The number of aryl methyl sites for hydroxylation is 2. The van der Waals surface area contributed by atoms with Crippen LogP contribution in [0.1, 0.15) is 28.4 Å². The van der Waals surface area contributed by atoms with Crippen molar-refractivity contribution in [2.24, 2.45) is 0 Å². The zero-order chi connectivity index (χ0) is 15.6. The zero-order valence-corrected chi connectivity index (χ0v) is 13.4. The zero-order valence-electron chi connectivity index (χ0n) is 12.6. The lowest BCUT2D eigenvalue weighted by molar-refractivity contribution is 0.209. The van der Waals surface area contributed by atoms with Crippen LogP contribution in [0.25, 0.3) is 0 Å². The number of hydrogen-bond acceptors (Lipinski definition) is 3. The molecule has 0 aliphatic carbocycles. The van der Waals surface area contributed by atoms with Gasteiger partial charge in [-0.25, -0.2) is 0 Å². The van der Waals surface area contributed by atoms with E-state index in [0.29, 0.717) is 27.6 Å². The average Bonchev–Trinajstić information content (AvgIpc) is 2.49. The second-order valence-electron chi connectivity index (χ2n) is 4.94. The van der Waals surface area contributed by atoms with Crippen LogP contribution in [0.4, 0.5) is 0 Å². The van der Waals surface area contributed by atoms with Crippen molar-refractivity contribution in [3.8, 4) is 11.5 Å². The fourth-order valence-electron chi connectivity index (χ4n) is 2.32. The van der Waals surface area contributed by atoms with Crippen LogP contribution in [0, 0.1) is 13.8 Å². The van der Waals surface area contributed by atoms with Crippen LogP contribution < -0.4 is 9.47 Å². The first-order chi connectivity index (χ1) is 9.99. The predicted molar refractivity (Wildman–Crippen MR) is 84.5 cm³/mol. The van der Waals surface area contributed by atoms with E-state index in [4.69, 9.17) is 21.1 Å². The second-order valence-corrected chi connectivity index (χ2v) is 5.34. The Morgan fingerprint density at radius 2 is 1.52 bits per heavy atom. The van der Waals surface area contributed by atoms with E-state index in [1.165, 1.54) is 0 Å². The SMILES string of the molecule is COc1cccc(OC)c1C(O)c1cc(C)c(C)cc1Cl. The molecule has 0 saturated heterocycles. The topological polar surface area (TPSA) is 38.7 Å². The molecule has 0 aromatic heterocycles. The minimum atomic E-state index is -0.914. The van der Waals surface area contributed by atoms with Crippen LogP contribution in [0.15, 0.2) is 30.3 Å². The van der Waals surface area contributed by atoms with Gasteiger partial charge in [0.1, 0.15) is 17.6 Å². The van der Waals surface area contributed by atoms with E-state index in [9.17, 15) is 5.11 Å². The number of ether oxygens (including phenoxy) is 2. The van der Waals surface area contributed by atoms with Crippen molar-refractivity contribution >= 4 is 11.6 Å². The van der Waals surface area contributed by atoms with Gasteiger partial charge in [-0.2, -0.15) is 0 Å². The number of aliphatic hydroxyl groups is 1. The maximum absolute atomic E-state index is 10.8. The first-order valence-electron chi connectivity index (χ1n) is 6.65. The van der Waals surface area contributed by atoms with E-state index in [1.54, 1.807) is 26.4 Å². The molecule has 4 heteroatoms. The van der Waals surface area contributed by atoms with E-state index in [1.807, 2.05) is 32.0 Å². The fraction of sp³-hybridized carbons (Fsp3) is 0.294. The van der Waals surface area contributed by atoms with E-state index in [2.05, 4.69) is 0 Å². The molecule has 0 amide bonds. The van der Waals surface area contributed by atoms with Crippen molar-refractivity contribution < 1.29 is 14.6 Å². The second kappa shape index (κ2) is 6.37. The van der Waals surface area contributed by atoms with E-state index in [0.717, 1.165) is 11.1 Å².